The largest absolute Gasteiger partial charge is 0.354 e. The molecule has 27 heavy (non-hydrogen) atoms. The lowest BCUT2D eigenvalue weighted by atomic mass is 9.99. The molecule has 0 spiro atoms. The molecular formula is C19H26N4O3S. The summed E-state index contributed by atoms with van der Waals surface area (Å²) < 4.78 is 27.5. The Bertz CT molecular complexity index is 841. The van der Waals surface area contributed by atoms with Crippen molar-refractivity contribution in [3.05, 3.63) is 29.3 Å². The SMILES string of the molecule is Cc1cc(S(=O)(=O)N2CCCC(CNC(=O)C3CCCN3)C2)ccc1C#N. The summed E-state index contributed by atoms with van der Waals surface area (Å²) in [6, 6.07) is 6.55. The van der Waals surface area contributed by atoms with Gasteiger partial charge in [-0.25, -0.2) is 8.42 Å². The number of nitrogens with one attached hydrogen (secondary N) is 2. The van der Waals surface area contributed by atoms with Crippen LogP contribution in [-0.2, 0) is 14.8 Å². The van der Waals surface area contributed by atoms with Gasteiger partial charge in [0.05, 0.1) is 22.6 Å². The van der Waals surface area contributed by atoms with Crippen LogP contribution >= 0.6 is 0 Å². The Kier molecular flexibility index (Phi) is 6.15. The van der Waals surface area contributed by atoms with Crippen molar-refractivity contribution in [1.29, 1.82) is 5.26 Å². The van der Waals surface area contributed by atoms with E-state index in [1.54, 1.807) is 19.1 Å². The number of hydrogen-bond donors (Lipinski definition) is 2. The van der Waals surface area contributed by atoms with Crippen LogP contribution in [0.5, 0.6) is 0 Å². The number of rotatable bonds is 5. The van der Waals surface area contributed by atoms with Crippen LogP contribution in [0.25, 0.3) is 0 Å². The van der Waals surface area contributed by atoms with Crippen LogP contribution in [0, 0.1) is 24.2 Å². The Morgan fingerprint density at radius 3 is 2.85 bits per heavy atom. The minimum atomic E-state index is -3.60. The van der Waals surface area contributed by atoms with Crippen LogP contribution in [0.4, 0.5) is 0 Å². The number of sulfonamides is 1. The van der Waals surface area contributed by atoms with Crippen molar-refractivity contribution < 1.29 is 13.2 Å². The Morgan fingerprint density at radius 2 is 2.19 bits per heavy atom. The molecule has 2 N–H and O–H groups in total. The van der Waals surface area contributed by atoms with Crippen LogP contribution in [0.1, 0.15) is 36.8 Å². The number of amides is 1. The van der Waals surface area contributed by atoms with E-state index in [9.17, 15) is 13.2 Å². The van der Waals surface area contributed by atoms with E-state index in [0.29, 0.717) is 30.8 Å². The fraction of sp³-hybridized carbons (Fsp3) is 0.579. The molecule has 2 fully saturated rings. The minimum absolute atomic E-state index is 0.00944. The lowest BCUT2D eigenvalue weighted by molar-refractivity contribution is -0.123. The summed E-state index contributed by atoms with van der Waals surface area (Å²) >= 11 is 0. The highest BCUT2D eigenvalue weighted by Crippen LogP contribution is 2.25. The summed E-state index contributed by atoms with van der Waals surface area (Å²) in [6.07, 6.45) is 3.54. The molecule has 3 rings (SSSR count). The molecule has 2 aliphatic heterocycles. The van der Waals surface area contributed by atoms with Crippen molar-refractivity contribution in [1.82, 2.24) is 14.9 Å². The normalized spacial score (nSPS) is 23.7. The molecule has 2 aliphatic rings. The molecule has 0 aromatic heterocycles. The number of nitriles is 1. The van der Waals surface area contributed by atoms with Crippen LogP contribution in [0.15, 0.2) is 23.1 Å². The van der Waals surface area contributed by atoms with E-state index in [1.807, 2.05) is 0 Å². The molecule has 0 saturated carbocycles. The number of hydrogen-bond acceptors (Lipinski definition) is 5. The van der Waals surface area contributed by atoms with Crippen LogP contribution < -0.4 is 10.6 Å². The average molecular weight is 391 g/mol. The molecule has 2 saturated heterocycles. The lowest BCUT2D eigenvalue weighted by Gasteiger charge is -2.32. The molecule has 2 unspecified atom stereocenters. The number of nitrogens with zero attached hydrogens (tertiary/aromatic N) is 2. The summed E-state index contributed by atoms with van der Waals surface area (Å²) in [5.74, 6) is 0.119. The quantitative estimate of drug-likeness (QED) is 0.785. The predicted molar refractivity (Wildman–Crippen MR) is 101 cm³/mol. The summed E-state index contributed by atoms with van der Waals surface area (Å²) in [4.78, 5) is 12.4. The highest BCUT2D eigenvalue weighted by atomic mass is 32.2. The molecule has 0 bridgehead atoms. The fourth-order valence-electron chi connectivity index (χ4n) is 3.76. The third kappa shape index (κ3) is 4.49. The second-order valence-corrected chi connectivity index (χ2v) is 9.29. The second-order valence-electron chi connectivity index (χ2n) is 7.35. The van der Waals surface area contributed by atoms with E-state index in [2.05, 4.69) is 16.7 Å². The van der Waals surface area contributed by atoms with Gasteiger partial charge in [0.1, 0.15) is 0 Å². The highest BCUT2D eigenvalue weighted by Gasteiger charge is 2.31. The maximum absolute atomic E-state index is 13.0. The second kappa shape index (κ2) is 8.38. The number of carbonyl (C=O) groups is 1. The van der Waals surface area contributed by atoms with E-state index in [0.717, 1.165) is 32.2 Å². The lowest BCUT2D eigenvalue weighted by Crippen LogP contribution is -2.46. The summed E-state index contributed by atoms with van der Waals surface area (Å²) in [5.41, 5.74) is 1.14. The van der Waals surface area contributed by atoms with Crippen molar-refractivity contribution in [2.24, 2.45) is 5.92 Å². The summed E-state index contributed by atoms with van der Waals surface area (Å²) in [6.45, 7) is 3.99. The molecule has 8 heteroatoms. The zero-order valence-corrected chi connectivity index (χ0v) is 16.4. The van der Waals surface area contributed by atoms with Gasteiger partial charge in [0.2, 0.25) is 15.9 Å². The zero-order chi connectivity index (χ0) is 19.4. The predicted octanol–water partition coefficient (Wildman–Crippen LogP) is 1.14. The van der Waals surface area contributed by atoms with Gasteiger partial charge >= 0.3 is 0 Å². The first kappa shape index (κ1) is 19.8. The van der Waals surface area contributed by atoms with Crippen molar-refractivity contribution >= 4 is 15.9 Å². The average Bonchev–Trinajstić information content (AvgIpc) is 3.21. The molecule has 0 aliphatic carbocycles. The van der Waals surface area contributed by atoms with Gasteiger partial charge in [-0.05, 0) is 68.8 Å². The monoisotopic (exact) mass is 390 g/mol. The van der Waals surface area contributed by atoms with Crippen molar-refractivity contribution in [3.63, 3.8) is 0 Å². The Balaban J connectivity index is 1.63. The first-order chi connectivity index (χ1) is 12.9. The van der Waals surface area contributed by atoms with E-state index in [1.165, 1.54) is 10.4 Å². The molecule has 1 aromatic rings. The van der Waals surface area contributed by atoms with Gasteiger partial charge in [0.25, 0.3) is 0 Å². The topological polar surface area (TPSA) is 102 Å². The van der Waals surface area contributed by atoms with Gasteiger partial charge in [0.15, 0.2) is 0 Å². The van der Waals surface area contributed by atoms with Gasteiger partial charge < -0.3 is 10.6 Å². The number of aryl methyl sites for hydroxylation is 1. The first-order valence-corrected chi connectivity index (χ1v) is 10.9. The summed E-state index contributed by atoms with van der Waals surface area (Å²) in [7, 11) is -3.60. The fourth-order valence-corrected chi connectivity index (χ4v) is 5.40. The molecular weight excluding hydrogens is 364 g/mol. The van der Waals surface area contributed by atoms with Gasteiger partial charge in [-0.15, -0.1) is 0 Å². The van der Waals surface area contributed by atoms with Gasteiger partial charge in [0, 0.05) is 19.6 Å². The Hall–Kier alpha value is -1.95. The molecule has 146 valence electrons. The smallest absolute Gasteiger partial charge is 0.243 e. The molecule has 2 atom stereocenters. The van der Waals surface area contributed by atoms with Crippen molar-refractivity contribution in [3.8, 4) is 6.07 Å². The van der Waals surface area contributed by atoms with Crippen LogP contribution in [-0.4, -0.2) is 50.9 Å². The van der Waals surface area contributed by atoms with Crippen molar-refractivity contribution in [2.75, 3.05) is 26.2 Å². The minimum Gasteiger partial charge on any atom is -0.354 e. The van der Waals surface area contributed by atoms with Crippen LogP contribution in [0.3, 0.4) is 0 Å². The van der Waals surface area contributed by atoms with Crippen LogP contribution in [0.2, 0.25) is 0 Å². The number of benzene rings is 1. The van der Waals surface area contributed by atoms with E-state index >= 15 is 0 Å². The third-order valence-electron chi connectivity index (χ3n) is 5.38. The standard InChI is InChI=1S/C19H26N4O3S/c1-14-10-17(7-6-16(14)11-20)27(25,26)23-9-3-4-15(13-23)12-22-19(24)18-5-2-8-21-18/h6-7,10,15,18,21H,2-5,8-9,12-13H2,1H3,(H,22,24). The van der Waals surface area contributed by atoms with E-state index < -0.39 is 10.0 Å². The Labute approximate surface area is 160 Å². The highest BCUT2D eigenvalue weighted by molar-refractivity contribution is 7.89. The maximum Gasteiger partial charge on any atom is 0.243 e. The third-order valence-corrected chi connectivity index (χ3v) is 7.24. The van der Waals surface area contributed by atoms with Gasteiger partial charge in [-0.1, -0.05) is 0 Å². The molecule has 0 radical (unpaired) electrons. The zero-order valence-electron chi connectivity index (χ0n) is 15.6. The first-order valence-electron chi connectivity index (χ1n) is 9.44. The number of piperidine rings is 1. The van der Waals surface area contributed by atoms with E-state index in [-0.39, 0.29) is 22.8 Å². The Morgan fingerprint density at radius 1 is 1.37 bits per heavy atom. The number of carbonyl (C=O) groups excluding carboxylic acids is 1. The van der Waals surface area contributed by atoms with Gasteiger partial charge in [-0.3, -0.25) is 4.79 Å². The molecule has 1 aromatic carbocycles. The molecule has 7 nitrogen and oxygen atoms in total. The molecule has 2 heterocycles. The maximum atomic E-state index is 13.0. The van der Waals surface area contributed by atoms with E-state index in [4.69, 9.17) is 5.26 Å². The van der Waals surface area contributed by atoms with Crippen molar-refractivity contribution in [2.45, 2.75) is 43.5 Å². The molecule has 1 amide bonds. The van der Waals surface area contributed by atoms with Gasteiger partial charge in [-0.2, -0.15) is 9.57 Å². The summed E-state index contributed by atoms with van der Waals surface area (Å²) in [5, 5.41) is 15.2.